The summed E-state index contributed by atoms with van der Waals surface area (Å²) in [5.41, 5.74) is 2.72. The van der Waals surface area contributed by atoms with Gasteiger partial charge in [0.1, 0.15) is 5.01 Å². The Bertz CT molecular complexity index is 577. The van der Waals surface area contributed by atoms with Gasteiger partial charge in [0, 0.05) is 43.5 Å². The van der Waals surface area contributed by atoms with Gasteiger partial charge >= 0.3 is 0 Å². The van der Waals surface area contributed by atoms with E-state index in [1.165, 1.54) is 21.1 Å². The molecule has 0 spiro atoms. The first kappa shape index (κ1) is 14.7. The molecule has 112 valence electrons. The zero-order chi connectivity index (χ0) is 14.7. The van der Waals surface area contributed by atoms with Gasteiger partial charge in [-0.3, -0.25) is 4.90 Å². The highest BCUT2D eigenvalue weighted by Crippen LogP contribution is 2.26. The van der Waals surface area contributed by atoms with Gasteiger partial charge in [0.2, 0.25) is 0 Å². The molecule has 21 heavy (non-hydrogen) atoms. The van der Waals surface area contributed by atoms with Gasteiger partial charge in [-0.25, -0.2) is 4.98 Å². The second-order valence-corrected chi connectivity index (χ2v) is 7.13. The summed E-state index contributed by atoms with van der Waals surface area (Å²) < 4.78 is 0. The van der Waals surface area contributed by atoms with Crippen molar-refractivity contribution in [3.8, 4) is 0 Å². The number of rotatable bonds is 5. The van der Waals surface area contributed by atoms with E-state index in [4.69, 9.17) is 4.98 Å². The van der Waals surface area contributed by atoms with Crippen LogP contribution in [0.4, 0.5) is 0 Å². The predicted octanol–water partition coefficient (Wildman–Crippen LogP) is 3.20. The fourth-order valence-electron chi connectivity index (χ4n) is 2.65. The second-order valence-electron chi connectivity index (χ2n) is 5.96. The van der Waals surface area contributed by atoms with Crippen LogP contribution in [0.2, 0.25) is 0 Å². The lowest BCUT2D eigenvalue weighted by atomic mass is 10.1. The Kier molecular flexibility index (Phi) is 4.68. The third kappa shape index (κ3) is 3.90. The number of hydrogen-bond acceptors (Lipinski definition) is 4. The van der Waals surface area contributed by atoms with Crippen molar-refractivity contribution in [2.24, 2.45) is 0 Å². The summed E-state index contributed by atoms with van der Waals surface area (Å²) in [6.07, 6.45) is 1.08. The lowest BCUT2D eigenvalue weighted by Gasteiger charge is -2.25. The van der Waals surface area contributed by atoms with Crippen LogP contribution in [0.5, 0.6) is 0 Å². The maximum absolute atomic E-state index is 4.79. The van der Waals surface area contributed by atoms with Gasteiger partial charge in [0.05, 0.1) is 5.69 Å². The van der Waals surface area contributed by atoms with Crippen molar-refractivity contribution in [2.75, 3.05) is 6.54 Å². The van der Waals surface area contributed by atoms with Crippen molar-refractivity contribution < 1.29 is 0 Å². The van der Waals surface area contributed by atoms with E-state index in [2.05, 4.69) is 54.4 Å². The third-order valence-corrected chi connectivity index (χ3v) is 4.85. The predicted molar refractivity (Wildman–Crippen MR) is 88.3 cm³/mol. The van der Waals surface area contributed by atoms with Crippen molar-refractivity contribution in [2.45, 2.75) is 45.9 Å². The molecule has 2 aromatic rings. The normalized spacial score (nSPS) is 15.4. The SMILES string of the molecule is CC(C)NCc1nc2c(s1)CN(Cc1ccccc1)CC2. The molecule has 1 aromatic carbocycles. The average molecular weight is 301 g/mol. The Morgan fingerprint density at radius 2 is 2.10 bits per heavy atom. The lowest BCUT2D eigenvalue weighted by molar-refractivity contribution is 0.247. The van der Waals surface area contributed by atoms with E-state index < -0.39 is 0 Å². The summed E-state index contributed by atoms with van der Waals surface area (Å²) >= 11 is 1.88. The highest BCUT2D eigenvalue weighted by Gasteiger charge is 2.20. The summed E-state index contributed by atoms with van der Waals surface area (Å²) in [6, 6.07) is 11.2. The quantitative estimate of drug-likeness (QED) is 0.919. The molecule has 0 amide bonds. The maximum Gasteiger partial charge on any atom is 0.107 e. The number of thiazole rings is 1. The number of nitrogens with one attached hydrogen (secondary N) is 1. The van der Waals surface area contributed by atoms with E-state index in [9.17, 15) is 0 Å². The van der Waals surface area contributed by atoms with Crippen molar-refractivity contribution in [1.29, 1.82) is 0 Å². The van der Waals surface area contributed by atoms with E-state index in [0.717, 1.165) is 32.6 Å². The molecule has 0 bridgehead atoms. The molecule has 1 N–H and O–H groups in total. The zero-order valence-electron chi connectivity index (χ0n) is 12.8. The Morgan fingerprint density at radius 3 is 2.86 bits per heavy atom. The largest absolute Gasteiger partial charge is 0.308 e. The number of fused-ring (bicyclic) bond motifs is 1. The minimum atomic E-state index is 0.514. The summed E-state index contributed by atoms with van der Waals surface area (Å²) in [4.78, 5) is 8.77. The molecule has 0 unspecified atom stereocenters. The molecule has 3 rings (SSSR count). The van der Waals surface area contributed by atoms with E-state index in [1.54, 1.807) is 0 Å². The van der Waals surface area contributed by atoms with Crippen LogP contribution < -0.4 is 5.32 Å². The molecule has 1 aliphatic heterocycles. The van der Waals surface area contributed by atoms with Crippen molar-refractivity contribution in [3.05, 3.63) is 51.5 Å². The smallest absolute Gasteiger partial charge is 0.107 e. The molecule has 0 saturated carbocycles. The molecular formula is C17H23N3S. The highest BCUT2D eigenvalue weighted by molar-refractivity contribution is 7.11. The maximum atomic E-state index is 4.79. The summed E-state index contributed by atoms with van der Waals surface area (Å²) in [7, 11) is 0. The number of nitrogens with zero attached hydrogens (tertiary/aromatic N) is 2. The van der Waals surface area contributed by atoms with Crippen molar-refractivity contribution in [3.63, 3.8) is 0 Å². The lowest BCUT2D eigenvalue weighted by Crippen LogP contribution is -2.29. The Hall–Kier alpha value is -1.23. The summed E-state index contributed by atoms with van der Waals surface area (Å²) in [5.74, 6) is 0. The minimum absolute atomic E-state index is 0.514. The first-order valence-electron chi connectivity index (χ1n) is 7.68. The van der Waals surface area contributed by atoms with Crippen LogP contribution >= 0.6 is 11.3 Å². The van der Waals surface area contributed by atoms with Crippen LogP contribution in [-0.4, -0.2) is 22.5 Å². The van der Waals surface area contributed by atoms with Crippen LogP contribution in [0.1, 0.15) is 35.0 Å². The number of aromatic nitrogens is 1. The molecule has 0 atom stereocenters. The van der Waals surface area contributed by atoms with Crippen LogP contribution in [0.3, 0.4) is 0 Å². The van der Waals surface area contributed by atoms with Gasteiger partial charge in [-0.05, 0) is 5.56 Å². The van der Waals surface area contributed by atoms with Crippen molar-refractivity contribution in [1.82, 2.24) is 15.2 Å². The summed E-state index contributed by atoms with van der Waals surface area (Å²) in [6.45, 7) is 8.45. The second kappa shape index (κ2) is 6.69. The van der Waals surface area contributed by atoms with Gasteiger partial charge in [-0.2, -0.15) is 0 Å². The van der Waals surface area contributed by atoms with E-state index >= 15 is 0 Å². The van der Waals surface area contributed by atoms with Crippen LogP contribution in [0.25, 0.3) is 0 Å². The van der Waals surface area contributed by atoms with Gasteiger partial charge in [0.25, 0.3) is 0 Å². The monoisotopic (exact) mass is 301 g/mol. The molecule has 2 heterocycles. The molecular weight excluding hydrogens is 278 g/mol. The molecule has 3 nitrogen and oxygen atoms in total. The standard InChI is InChI=1S/C17H23N3S/c1-13(2)18-10-17-19-15-8-9-20(12-16(15)21-17)11-14-6-4-3-5-7-14/h3-7,13,18H,8-12H2,1-2H3. The van der Waals surface area contributed by atoms with Gasteiger partial charge in [-0.15, -0.1) is 11.3 Å². The average Bonchev–Trinajstić information content (AvgIpc) is 2.88. The van der Waals surface area contributed by atoms with Gasteiger partial charge in [-0.1, -0.05) is 44.2 Å². The first-order valence-corrected chi connectivity index (χ1v) is 8.49. The molecule has 0 saturated heterocycles. The minimum Gasteiger partial charge on any atom is -0.308 e. The van der Waals surface area contributed by atoms with Gasteiger partial charge in [0.15, 0.2) is 0 Å². The van der Waals surface area contributed by atoms with Gasteiger partial charge < -0.3 is 5.32 Å². The van der Waals surface area contributed by atoms with E-state index in [0.29, 0.717) is 6.04 Å². The number of hydrogen-bond donors (Lipinski definition) is 1. The van der Waals surface area contributed by atoms with E-state index in [1.807, 2.05) is 11.3 Å². The molecule has 1 aromatic heterocycles. The summed E-state index contributed by atoms with van der Waals surface area (Å²) in [5, 5.41) is 4.69. The molecule has 4 heteroatoms. The topological polar surface area (TPSA) is 28.2 Å². The van der Waals surface area contributed by atoms with Crippen LogP contribution in [0.15, 0.2) is 30.3 Å². The van der Waals surface area contributed by atoms with Crippen LogP contribution in [-0.2, 0) is 26.1 Å². The molecule has 0 fully saturated rings. The molecule has 0 radical (unpaired) electrons. The van der Waals surface area contributed by atoms with Crippen molar-refractivity contribution >= 4 is 11.3 Å². The third-order valence-electron chi connectivity index (χ3n) is 3.77. The Labute approximate surface area is 131 Å². The highest BCUT2D eigenvalue weighted by atomic mass is 32.1. The Balaban J connectivity index is 1.62. The fourth-order valence-corrected chi connectivity index (χ4v) is 3.75. The molecule has 0 aliphatic carbocycles. The molecule has 1 aliphatic rings. The first-order chi connectivity index (χ1) is 10.2. The van der Waals surface area contributed by atoms with E-state index in [-0.39, 0.29) is 0 Å². The fraction of sp³-hybridized carbons (Fsp3) is 0.471. The zero-order valence-corrected chi connectivity index (χ0v) is 13.6. The van der Waals surface area contributed by atoms with Crippen LogP contribution in [0, 0.1) is 0 Å². The number of benzene rings is 1. The Morgan fingerprint density at radius 1 is 1.29 bits per heavy atom.